The Labute approximate surface area is 103 Å². The summed E-state index contributed by atoms with van der Waals surface area (Å²) >= 11 is 0. The number of carbonyl (C=O) groups excluding carboxylic acids is 1. The zero-order valence-corrected chi connectivity index (χ0v) is 10.7. The van der Waals surface area contributed by atoms with E-state index < -0.39 is 0 Å². The van der Waals surface area contributed by atoms with E-state index in [0.29, 0.717) is 5.92 Å². The number of hydrogen-bond acceptors (Lipinski definition) is 2. The number of anilines is 2. The number of nitrogens with one attached hydrogen (secondary N) is 3. The maximum absolute atomic E-state index is 11.1. The van der Waals surface area contributed by atoms with Gasteiger partial charge >= 0.3 is 6.03 Å². The second kappa shape index (κ2) is 6.78. The van der Waals surface area contributed by atoms with Gasteiger partial charge in [0.05, 0.1) is 0 Å². The lowest BCUT2D eigenvalue weighted by atomic mass is 10.1. The number of hydrogen-bond donors (Lipinski definition) is 3. The Hall–Kier alpha value is -1.71. The van der Waals surface area contributed by atoms with E-state index in [9.17, 15) is 4.79 Å². The van der Waals surface area contributed by atoms with Gasteiger partial charge in [0.25, 0.3) is 0 Å². The number of benzene rings is 1. The summed E-state index contributed by atoms with van der Waals surface area (Å²) in [5.74, 6) is 0.665. The van der Waals surface area contributed by atoms with E-state index in [-0.39, 0.29) is 6.03 Å². The van der Waals surface area contributed by atoms with Gasteiger partial charge in [-0.25, -0.2) is 4.79 Å². The lowest BCUT2D eigenvalue weighted by Gasteiger charge is -2.12. The molecule has 0 radical (unpaired) electrons. The molecule has 94 valence electrons. The molecule has 0 aliphatic heterocycles. The summed E-state index contributed by atoms with van der Waals surface area (Å²) in [6.07, 6.45) is 1.17. The normalized spacial score (nSPS) is 11.7. The van der Waals surface area contributed by atoms with Gasteiger partial charge in [0.1, 0.15) is 0 Å². The highest BCUT2D eigenvalue weighted by molar-refractivity contribution is 5.89. The van der Waals surface area contributed by atoms with Crippen molar-refractivity contribution in [2.24, 2.45) is 5.92 Å². The first kappa shape index (κ1) is 13.4. The lowest BCUT2D eigenvalue weighted by molar-refractivity contribution is 0.254. The molecule has 17 heavy (non-hydrogen) atoms. The maximum Gasteiger partial charge on any atom is 0.318 e. The fourth-order valence-corrected chi connectivity index (χ4v) is 1.30. The lowest BCUT2D eigenvalue weighted by Crippen LogP contribution is -2.24. The minimum atomic E-state index is -0.203. The average Bonchev–Trinajstić information content (AvgIpc) is 2.37. The van der Waals surface area contributed by atoms with Gasteiger partial charge in [-0.3, -0.25) is 0 Å². The van der Waals surface area contributed by atoms with Gasteiger partial charge in [-0.2, -0.15) is 0 Å². The Balaban J connectivity index is 2.47. The van der Waals surface area contributed by atoms with Gasteiger partial charge in [0.2, 0.25) is 0 Å². The second-order valence-corrected chi connectivity index (χ2v) is 4.18. The van der Waals surface area contributed by atoms with Crippen LogP contribution in [-0.2, 0) is 0 Å². The van der Waals surface area contributed by atoms with Gasteiger partial charge < -0.3 is 16.0 Å². The van der Waals surface area contributed by atoms with Crippen LogP contribution in [0.25, 0.3) is 0 Å². The summed E-state index contributed by atoms with van der Waals surface area (Å²) in [6, 6.07) is 7.49. The predicted molar refractivity (Wildman–Crippen MR) is 72.5 cm³/mol. The molecule has 0 spiro atoms. The van der Waals surface area contributed by atoms with Crippen LogP contribution in [0.5, 0.6) is 0 Å². The van der Waals surface area contributed by atoms with E-state index >= 15 is 0 Å². The van der Waals surface area contributed by atoms with Crippen molar-refractivity contribution in [3.63, 3.8) is 0 Å². The first-order chi connectivity index (χ1) is 8.15. The van der Waals surface area contributed by atoms with Crippen LogP contribution >= 0.6 is 0 Å². The van der Waals surface area contributed by atoms with Crippen LogP contribution in [-0.4, -0.2) is 19.6 Å². The molecule has 1 unspecified atom stereocenters. The van der Waals surface area contributed by atoms with Crippen molar-refractivity contribution >= 4 is 17.4 Å². The van der Waals surface area contributed by atoms with E-state index in [0.717, 1.165) is 17.9 Å². The monoisotopic (exact) mass is 235 g/mol. The Morgan fingerprint density at radius 2 is 1.82 bits per heavy atom. The summed E-state index contributed by atoms with van der Waals surface area (Å²) in [7, 11) is 1.59. The summed E-state index contributed by atoms with van der Waals surface area (Å²) in [5, 5.41) is 8.59. The third-order valence-electron chi connectivity index (χ3n) is 2.72. The topological polar surface area (TPSA) is 53.2 Å². The van der Waals surface area contributed by atoms with E-state index in [1.54, 1.807) is 7.05 Å². The Bertz CT molecular complexity index is 348. The molecule has 1 rings (SSSR count). The number of amides is 2. The molecule has 4 nitrogen and oxygen atoms in total. The molecule has 0 fully saturated rings. The molecular weight excluding hydrogens is 214 g/mol. The second-order valence-electron chi connectivity index (χ2n) is 4.18. The van der Waals surface area contributed by atoms with Crippen molar-refractivity contribution in [3.8, 4) is 0 Å². The molecule has 1 atom stereocenters. The molecule has 0 heterocycles. The molecule has 2 amide bonds. The number of urea groups is 1. The summed E-state index contributed by atoms with van der Waals surface area (Å²) < 4.78 is 0. The molecule has 0 saturated carbocycles. The van der Waals surface area contributed by atoms with Crippen molar-refractivity contribution in [3.05, 3.63) is 24.3 Å². The fraction of sp³-hybridized carbons (Fsp3) is 0.462. The zero-order valence-electron chi connectivity index (χ0n) is 10.7. The fourth-order valence-electron chi connectivity index (χ4n) is 1.30. The van der Waals surface area contributed by atoms with Crippen molar-refractivity contribution in [2.45, 2.75) is 20.3 Å². The van der Waals surface area contributed by atoms with Gasteiger partial charge in [-0.1, -0.05) is 20.3 Å². The van der Waals surface area contributed by atoms with Crippen molar-refractivity contribution < 1.29 is 4.79 Å². The van der Waals surface area contributed by atoms with E-state index in [1.165, 1.54) is 6.42 Å². The molecule has 1 aromatic rings. The molecule has 1 aromatic carbocycles. The third kappa shape index (κ3) is 4.76. The predicted octanol–water partition coefficient (Wildman–Crippen LogP) is 2.90. The Morgan fingerprint density at radius 3 is 2.35 bits per heavy atom. The van der Waals surface area contributed by atoms with Gasteiger partial charge in [-0.15, -0.1) is 0 Å². The van der Waals surface area contributed by atoms with Crippen molar-refractivity contribution in [2.75, 3.05) is 24.2 Å². The standard InChI is InChI=1S/C13H21N3O/c1-4-10(2)9-15-11-5-7-12(8-6-11)16-13(17)14-3/h5-8,10,15H,4,9H2,1-3H3,(H2,14,16,17). The summed E-state index contributed by atoms with van der Waals surface area (Å²) in [5.41, 5.74) is 1.87. The molecule has 4 heteroatoms. The molecule has 0 aliphatic carbocycles. The van der Waals surface area contributed by atoms with Gasteiger partial charge in [-0.05, 0) is 30.2 Å². The Morgan fingerprint density at radius 1 is 1.24 bits per heavy atom. The number of carbonyl (C=O) groups is 1. The largest absolute Gasteiger partial charge is 0.385 e. The number of rotatable bonds is 5. The average molecular weight is 235 g/mol. The van der Waals surface area contributed by atoms with Crippen LogP contribution in [0.15, 0.2) is 24.3 Å². The van der Waals surface area contributed by atoms with E-state index in [2.05, 4.69) is 29.8 Å². The minimum absolute atomic E-state index is 0.203. The highest BCUT2D eigenvalue weighted by Gasteiger charge is 2.00. The van der Waals surface area contributed by atoms with Crippen LogP contribution in [0.2, 0.25) is 0 Å². The van der Waals surface area contributed by atoms with Crippen molar-refractivity contribution in [1.82, 2.24) is 5.32 Å². The smallest absolute Gasteiger partial charge is 0.318 e. The Kier molecular flexibility index (Phi) is 5.33. The first-order valence-corrected chi connectivity index (χ1v) is 5.98. The van der Waals surface area contributed by atoms with Gasteiger partial charge in [0.15, 0.2) is 0 Å². The third-order valence-corrected chi connectivity index (χ3v) is 2.72. The maximum atomic E-state index is 11.1. The molecule has 0 aromatic heterocycles. The van der Waals surface area contributed by atoms with Crippen molar-refractivity contribution in [1.29, 1.82) is 0 Å². The first-order valence-electron chi connectivity index (χ1n) is 5.98. The quantitative estimate of drug-likeness (QED) is 0.735. The minimum Gasteiger partial charge on any atom is -0.385 e. The van der Waals surface area contributed by atoms with Crippen LogP contribution in [0.4, 0.5) is 16.2 Å². The summed E-state index contributed by atoms with van der Waals surface area (Å²) in [4.78, 5) is 11.1. The van der Waals surface area contributed by atoms with Crippen LogP contribution in [0, 0.1) is 5.92 Å². The van der Waals surface area contributed by atoms with Crippen LogP contribution < -0.4 is 16.0 Å². The van der Waals surface area contributed by atoms with Gasteiger partial charge in [0, 0.05) is 25.0 Å². The van der Waals surface area contributed by atoms with E-state index in [1.807, 2.05) is 24.3 Å². The molecule has 0 bridgehead atoms. The zero-order chi connectivity index (χ0) is 12.7. The molecule has 0 aliphatic rings. The molecular formula is C13H21N3O. The van der Waals surface area contributed by atoms with Crippen LogP contribution in [0.1, 0.15) is 20.3 Å². The van der Waals surface area contributed by atoms with E-state index in [4.69, 9.17) is 0 Å². The summed E-state index contributed by atoms with van der Waals surface area (Å²) in [6.45, 7) is 5.37. The molecule has 3 N–H and O–H groups in total. The molecule has 0 saturated heterocycles. The van der Waals surface area contributed by atoms with Crippen LogP contribution in [0.3, 0.4) is 0 Å². The highest BCUT2D eigenvalue weighted by atomic mass is 16.2. The SMILES string of the molecule is CCC(C)CNc1ccc(NC(=O)NC)cc1. The highest BCUT2D eigenvalue weighted by Crippen LogP contribution is 2.14.